The molecule has 0 aliphatic carbocycles. The first-order chi connectivity index (χ1) is 15.7. The zero-order chi connectivity index (χ0) is 26.6. The van der Waals surface area contributed by atoms with E-state index in [4.69, 9.17) is 17.2 Å². The van der Waals surface area contributed by atoms with Crippen molar-refractivity contribution in [3.8, 4) is 0 Å². The normalized spacial score (nSPS) is 16.1. The van der Waals surface area contributed by atoms with Crippen LogP contribution in [0.3, 0.4) is 0 Å². The van der Waals surface area contributed by atoms with Gasteiger partial charge in [-0.2, -0.15) is 0 Å². The molecule has 0 rings (SSSR count). The summed E-state index contributed by atoms with van der Waals surface area (Å²) >= 11 is 0. The molecule has 0 spiro atoms. The minimum atomic E-state index is -1.46. The Balaban J connectivity index is 5.59. The Kier molecular flexibility index (Phi) is 13.4. The Morgan fingerprint density at radius 2 is 1.26 bits per heavy atom. The Labute approximate surface area is 198 Å². The minimum absolute atomic E-state index is 0.0189. The van der Waals surface area contributed by atoms with E-state index < -0.39 is 77.9 Å². The number of amides is 5. The molecule has 13 heteroatoms. The largest absolute Gasteiger partial charge is 0.480 e. The molecular weight excluding hydrogens is 448 g/mol. The first kappa shape index (κ1) is 30.8. The van der Waals surface area contributed by atoms with E-state index in [1.54, 1.807) is 27.7 Å². The molecule has 0 aromatic heterocycles. The molecule has 0 aromatic carbocycles. The minimum Gasteiger partial charge on any atom is -0.480 e. The van der Waals surface area contributed by atoms with Crippen LogP contribution in [0, 0.1) is 11.8 Å². The molecule has 0 aliphatic rings. The smallest absolute Gasteiger partial charge is 0.326 e. The fourth-order valence-corrected chi connectivity index (χ4v) is 3.00. The summed E-state index contributed by atoms with van der Waals surface area (Å²) in [7, 11) is 0. The molecule has 10 N–H and O–H groups in total. The average molecular weight is 487 g/mol. The zero-order valence-corrected chi connectivity index (χ0v) is 20.1. The van der Waals surface area contributed by atoms with Crippen molar-refractivity contribution in [1.29, 1.82) is 0 Å². The molecular formula is C21H38N6O7. The van der Waals surface area contributed by atoms with E-state index in [0.717, 1.165) is 0 Å². The number of hydrogen-bond donors (Lipinski definition) is 7. The predicted molar refractivity (Wildman–Crippen MR) is 123 cm³/mol. The number of aliphatic carboxylic acids is 1. The second-order valence-electron chi connectivity index (χ2n) is 8.42. The van der Waals surface area contributed by atoms with Crippen LogP contribution in [0.4, 0.5) is 0 Å². The molecule has 0 aromatic rings. The second kappa shape index (κ2) is 14.8. The maximum absolute atomic E-state index is 13.0. The van der Waals surface area contributed by atoms with E-state index in [0.29, 0.717) is 12.8 Å². The highest BCUT2D eigenvalue weighted by Gasteiger charge is 2.34. The monoisotopic (exact) mass is 486 g/mol. The predicted octanol–water partition coefficient (Wildman–Crippen LogP) is -1.91. The van der Waals surface area contributed by atoms with E-state index in [9.17, 15) is 33.9 Å². The maximum Gasteiger partial charge on any atom is 0.326 e. The van der Waals surface area contributed by atoms with Crippen molar-refractivity contribution in [2.24, 2.45) is 29.0 Å². The van der Waals surface area contributed by atoms with E-state index >= 15 is 0 Å². The SMILES string of the molecule is CCC(C)C(NC(=O)C(CC(N)=O)NC(=O)C(NC(=O)C(N)CCC(N)=O)C(C)CC)C(=O)O. The van der Waals surface area contributed by atoms with Crippen LogP contribution >= 0.6 is 0 Å². The first-order valence-electron chi connectivity index (χ1n) is 11.2. The molecule has 0 radical (unpaired) electrons. The summed E-state index contributed by atoms with van der Waals surface area (Å²) in [6, 6.07) is -4.91. The third-order valence-corrected chi connectivity index (χ3v) is 5.65. The molecule has 0 saturated carbocycles. The van der Waals surface area contributed by atoms with Crippen molar-refractivity contribution in [3.63, 3.8) is 0 Å². The number of hydrogen-bond acceptors (Lipinski definition) is 7. The van der Waals surface area contributed by atoms with Crippen LogP contribution in [0.2, 0.25) is 0 Å². The van der Waals surface area contributed by atoms with Crippen LogP contribution < -0.4 is 33.2 Å². The lowest BCUT2D eigenvalue weighted by atomic mass is 9.96. The number of carbonyl (C=O) groups is 6. The van der Waals surface area contributed by atoms with Crippen LogP contribution in [0.5, 0.6) is 0 Å². The number of carboxylic acids is 1. The lowest BCUT2D eigenvalue weighted by molar-refractivity contribution is -0.144. The van der Waals surface area contributed by atoms with E-state index in [2.05, 4.69) is 16.0 Å². The summed E-state index contributed by atoms with van der Waals surface area (Å²) in [4.78, 5) is 72.1. The number of carbonyl (C=O) groups excluding carboxylic acids is 5. The van der Waals surface area contributed by atoms with Crippen LogP contribution in [0.1, 0.15) is 59.8 Å². The van der Waals surface area contributed by atoms with Crippen molar-refractivity contribution in [2.45, 2.75) is 84.0 Å². The highest BCUT2D eigenvalue weighted by atomic mass is 16.4. The molecule has 13 nitrogen and oxygen atoms in total. The van der Waals surface area contributed by atoms with Crippen LogP contribution in [-0.4, -0.2) is 64.8 Å². The summed E-state index contributed by atoms with van der Waals surface area (Å²) in [5, 5.41) is 16.6. The van der Waals surface area contributed by atoms with Gasteiger partial charge in [-0.05, 0) is 18.3 Å². The average Bonchev–Trinajstić information content (AvgIpc) is 2.76. The molecule has 0 aliphatic heterocycles. The Morgan fingerprint density at radius 1 is 0.765 bits per heavy atom. The standard InChI is InChI=1S/C21H38N6O7/c1-5-10(3)16(26-18(30)12(22)7-8-14(23)28)20(32)25-13(9-15(24)29)19(31)27-17(21(33)34)11(4)6-2/h10-13,16-17H,5-9,22H2,1-4H3,(H2,23,28)(H2,24,29)(H,25,32)(H,26,30)(H,27,31)(H,33,34). The van der Waals surface area contributed by atoms with Gasteiger partial charge in [0.1, 0.15) is 18.1 Å². The fourth-order valence-electron chi connectivity index (χ4n) is 3.00. The second-order valence-corrected chi connectivity index (χ2v) is 8.42. The summed E-state index contributed by atoms with van der Waals surface area (Å²) in [5.41, 5.74) is 16.0. The molecule has 0 heterocycles. The van der Waals surface area contributed by atoms with E-state index in [1.807, 2.05) is 0 Å². The van der Waals surface area contributed by atoms with Gasteiger partial charge in [0.2, 0.25) is 29.5 Å². The highest BCUT2D eigenvalue weighted by molar-refractivity contribution is 5.96. The van der Waals surface area contributed by atoms with Crippen LogP contribution in [0.15, 0.2) is 0 Å². The Bertz CT molecular complexity index is 760. The zero-order valence-electron chi connectivity index (χ0n) is 20.1. The first-order valence-corrected chi connectivity index (χ1v) is 11.2. The fraction of sp³-hybridized carbons (Fsp3) is 0.714. The third kappa shape index (κ3) is 10.6. The number of carboxylic acid groups (broad SMARTS) is 1. The van der Waals surface area contributed by atoms with Gasteiger partial charge in [-0.3, -0.25) is 24.0 Å². The van der Waals surface area contributed by atoms with Gasteiger partial charge in [-0.25, -0.2) is 4.79 Å². The van der Waals surface area contributed by atoms with Gasteiger partial charge in [0.15, 0.2) is 0 Å². The summed E-state index contributed by atoms with van der Waals surface area (Å²) in [6.45, 7) is 6.85. The van der Waals surface area contributed by atoms with Crippen molar-refractivity contribution in [1.82, 2.24) is 16.0 Å². The topological polar surface area (TPSA) is 237 Å². The number of nitrogens with two attached hydrogens (primary N) is 3. The third-order valence-electron chi connectivity index (χ3n) is 5.65. The van der Waals surface area contributed by atoms with Gasteiger partial charge in [0.05, 0.1) is 12.5 Å². The molecule has 6 atom stereocenters. The maximum atomic E-state index is 13.0. The van der Waals surface area contributed by atoms with Gasteiger partial charge in [0.25, 0.3) is 0 Å². The van der Waals surface area contributed by atoms with Gasteiger partial charge in [-0.1, -0.05) is 40.5 Å². The summed E-state index contributed by atoms with van der Waals surface area (Å²) in [5.74, 6) is -5.96. The summed E-state index contributed by atoms with van der Waals surface area (Å²) < 4.78 is 0. The Hall–Kier alpha value is -3.22. The van der Waals surface area contributed by atoms with E-state index in [1.165, 1.54) is 0 Å². The molecule has 5 amide bonds. The molecule has 34 heavy (non-hydrogen) atoms. The van der Waals surface area contributed by atoms with Gasteiger partial charge in [0, 0.05) is 6.42 Å². The summed E-state index contributed by atoms with van der Waals surface area (Å²) in [6.07, 6.45) is 0.216. The molecule has 194 valence electrons. The molecule has 0 fully saturated rings. The van der Waals surface area contributed by atoms with Crippen molar-refractivity contribution >= 4 is 35.5 Å². The number of primary amides is 2. The highest BCUT2D eigenvalue weighted by Crippen LogP contribution is 2.11. The lowest BCUT2D eigenvalue weighted by Gasteiger charge is -2.28. The lowest BCUT2D eigenvalue weighted by Crippen LogP contribution is -2.59. The van der Waals surface area contributed by atoms with Crippen molar-refractivity contribution in [3.05, 3.63) is 0 Å². The van der Waals surface area contributed by atoms with Crippen molar-refractivity contribution in [2.75, 3.05) is 0 Å². The Morgan fingerprint density at radius 3 is 1.71 bits per heavy atom. The van der Waals surface area contributed by atoms with Gasteiger partial charge in [-0.15, -0.1) is 0 Å². The van der Waals surface area contributed by atoms with Gasteiger partial charge < -0.3 is 38.3 Å². The van der Waals surface area contributed by atoms with Gasteiger partial charge >= 0.3 is 5.97 Å². The molecule has 0 saturated heterocycles. The van der Waals surface area contributed by atoms with E-state index in [-0.39, 0.29) is 12.8 Å². The van der Waals surface area contributed by atoms with Crippen LogP contribution in [0.25, 0.3) is 0 Å². The number of nitrogens with one attached hydrogen (secondary N) is 3. The quantitative estimate of drug-likeness (QED) is 0.129. The number of rotatable bonds is 16. The molecule has 0 bridgehead atoms. The van der Waals surface area contributed by atoms with Crippen molar-refractivity contribution < 1.29 is 33.9 Å². The van der Waals surface area contributed by atoms with Crippen LogP contribution in [-0.2, 0) is 28.8 Å². The molecule has 6 unspecified atom stereocenters.